The van der Waals surface area contributed by atoms with Gasteiger partial charge in [-0.2, -0.15) is 0 Å². The number of hydrogen-bond acceptors (Lipinski definition) is 5. The van der Waals surface area contributed by atoms with Crippen molar-refractivity contribution in [3.8, 4) is 21.7 Å². The van der Waals surface area contributed by atoms with Gasteiger partial charge in [0.25, 0.3) is 11.6 Å². The maximum absolute atomic E-state index is 12.7. The van der Waals surface area contributed by atoms with E-state index in [4.69, 9.17) is 23.2 Å². The van der Waals surface area contributed by atoms with Crippen molar-refractivity contribution in [2.45, 2.75) is 0 Å². The Hall–Kier alpha value is -3.26. The smallest absolute Gasteiger partial charge is 0.269 e. The van der Waals surface area contributed by atoms with Gasteiger partial charge in [-0.1, -0.05) is 58.8 Å². The fourth-order valence-electron chi connectivity index (χ4n) is 2.92. The molecule has 6 nitrogen and oxygen atoms in total. The minimum atomic E-state index is -0.453. The molecule has 0 aliphatic carbocycles. The SMILES string of the molecule is O=C(Nc1nc(-c2ccc(Cl)cc2)c(-c2ccc([N+](=O)[O-])cc2)s1)c1ccccc1Cl. The topological polar surface area (TPSA) is 85.1 Å². The standard InChI is InChI=1S/C22H13Cl2N3O3S/c23-15-9-5-13(6-10-15)19-20(14-7-11-16(12-8-14)27(29)30)31-22(25-19)26-21(28)17-3-1-2-4-18(17)24/h1-12H,(H,25,26,28). The van der Waals surface area contributed by atoms with Crippen LogP contribution in [0.3, 0.4) is 0 Å². The van der Waals surface area contributed by atoms with Gasteiger partial charge in [0.05, 0.1) is 26.1 Å². The molecule has 0 fully saturated rings. The van der Waals surface area contributed by atoms with Gasteiger partial charge in [0.15, 0.2) is 5.13 Å². The van der Waals surface area contributed by atoms with Gasteiger partial charge < -0.3 is 0 Å². The number of thiazole rings is 1. The number of aromatic nitrogens is 1. The molecule has 31 heavy (non-hydrogen) atoms. The molecule has 1 amide bonds. The largest absolute Gasteiger partial charge is 0.298 e. The van der Waals surface area contributed by atoms with E-state index in [1.165, 1.54) is 23.5 Å². The van der Waals surface area contributed by atoms with Crippen LogP contribution >= 0.6 is 34.5 Å². The molecule has 0 atom stereocenters. The molecule has 154 valence electrons. The molecule has 0 saturated carbocycles. The first-order valence-electron chi connectivity index (χ1n) is 9.00. The van der Waals surface area contributed by atoms with E-state index < -0.39 is 4.92 Å². The maximum Gasteiger partial charge on any atom is 0.269 e. The second-order valence-electron chi connectivity index (χ2n) is 6.44. The summed E-state index contributed by atoms with van der Waals surface area (Å²) < 4.78 is 0. The van der Waals surface area contributed by atoms with Crippen LogP contribution < -0.4 is 5.32 Å². The summed E-state index contributed by atoms with van der Waals surface area (Å²) in [5.41, 5.74) is 2.50. The first-order chi connectivity index (χ1) is 14.9. The number of hydrogen-bond donors (Lipinski definition) is 1. The number of carbonyl (C=O) groups is 1. The van der Waals surface area contributed by atoms with E-state index in [0.29, 0.717) is 26.4 Å². The van der Waals surface area contributed by atoms with Crippen LogP contribution in [0, 0.1) is 10.1 Å². The molecule has 4 aromatic rings. The van der Waals surface area contributed by atoms with E-state index in [-0.39, 0.29) is 11.6 Å². The van der Waals surface area contributed by atoms with Crippen molar-refractivity contribution in [3.63, 3.8) is 0 Å². The third-order valence-electron chi connectivity index (χ3n) is 4.42. The molecule has 9 heteroatoms. The minimum Gasteiger partial charge on any atom is -0.298 e. The van der Waals surface area contributed by atoms with Crippen molar-refractivity contribution in [1.82, 2.24) is 4.98 Å². The molecule has 0 radical (unpaired) electrons. The Morgan fingerprint density at radius 3 is 2.23 bits per heavy atom. The highest BCUT2D eigenvalue weighted by atomic mass is 35.5. The Balaban J connectivity index is 1.75. The van der Waals surface area contributed by atoms with Gasteiger partial charge in [-0.15, -0.1) is 0 Å². The average Bonchev–Trinajstić information content (AvgIpc) is 3.18. The fourth-order valence-corrected chi connectivity index (χ4v) is 4.25. The summed E-state index contributed by atoms with van der Waals surface area (Å²) in [5.74, 6) is -0.378. The highest BCUT2D eigenvalue weighted by Crippen LogP contribution is 2.40. The number of amides is 1. The van der Waals surface area contributed by atoms with Gasteiger partial charge in [0.1, 0.15) is 0 Å². The van der Waals surface area contributed by atoms with Crippen LogP contribution in [-0.4, -0.2) is 15.8 Å². The molecule has 0 aliphatic heterocycles. The number of anilines is 1. The number of nitrogens with one attached hydrogen (secondary N) is 1. The van der Waals surface area contributed by atoms with Gasteiger partial charge in [-0.3, -0.25) is 20.2 Å². The Kier molecular flexibility index (Phi) is 5.99. The van der Waals surface area contributed by atoms with Crippen LogP contribution in [0.1, 0.15) is 10.4 Å². The third-order valence-corrected chi connectivity index (χ3v) is 6.03. The summed E-state index contributed by atoms with van der Waals surface area (Å²) in [6.45, 7) is 0. The van der Waals surface area contributed by atoms with Crippen LogP contribution in [0.2, 0.25) is 10.0 Å². The van der Waals surface area contributed by atoms with Gasteiger partial charge in [0, 0.05) is 22.7 Å². The molecular formula is C22H13Cl2N3O3S. The molecule has 1 heterocycles. The van der Waals surface area contributed by atoms with E-state index in [1.807, 2.05) is 12.1 Å². The van der Waals surface area contributed by atoms with Crippen LogP contribution in [0.25, 0.3) is 21.7 Å². The third kappa shape index (κ3) is 4.59. The quantitative estimate of drug-likeness (QED) is 0.253. The molecule has 0 aliphatic rings. The summed E-state index contributed by atoms with van der Waals surface area (Å²) in [6, 6.07) is 20.1. The molecule has 4 rings (SSSR count). The maximum atomic E-state index is 12.7. The number of benzene rings is 3. The zero-order valence-corrected chi connectivity index (χ0v) is 18.0. The van der Waals surface area contributed by atoms with E-state index >= 15 is 0 Å². The number of nitro groups is 1. The summed E-state index contributed by atoms with van der Waals surface area (Å²) in [4.78, 5) is 28.6. The van der Waals surface area contributed by atoms with Crippen molar-refractivity contribution in [3.05, 3.63) is 98.5 Å². The first-order valence-corrected chi connectivity index (χ1v) is 10.6. The highest BCUT2D eigenvalue weighted by molar-refractivity contribution is 7.19. The van der Waals surface area contributed by atoms with E-state index in [1.54, 1.807) is 48.5 Å². The monoisotopic (exact) mass is 469 g/mol. The van der Waals surface area contributed by atoms with Crippen LogP contribution in [-0.2, 0) is 0 Å². The molecule has 1 N–H and O–H groups in total. The fraction of sp³-hybridized carbons (Fsp3) is 0. The lowest BCUT2D eigenvalue weighted by Crippen LogP contribution is -2.12. The van der Waals surface area contributed by atoms with Gasteiger partial charge >= 0.3 is 0 Å². The van der Waals surface area contributed by atoms with Gasteiger partial charge in [-0.05, 0) is 42.0 Å². The van der Waals surface area contributed by atoms with E-state index in [0.717, 1.165) is 16.0 Å². The normalized spacial score (nSPS) is 10.6. The molecular weight excluding hydrogens is 457 g/mol. The second kappa shape index (κ2) is 8.85. The molecule has 0 bridgehead atoms. The van der Waals surface area contributed by atoms with Gasteiger partial charge in [-0.25, -0.2) is 4.98 Å². The number of non-ortho nitro benzene ring substituents is 1. The van der Waals surface area contributed by atoms with Crippen LogP contribution in [0.4, 0.5) is 10.8 Å². The molecule has 0 unspecified atom stereocenters. The lowest BCUT2D eigenvalue weighted by atomic mass is 10.1. The van der Waals surface area contributed by atoms with Crippen LogP contribution in [0.5, 0.6) is 0 Å². The first kappa shape index (κ1) is 21.0. The Labute approximate surface area is 191 Å². The number of halogens is 2. The second-order valence-corrected chi connectivity index (χ2v) is 8.28. The number of nitrogens with zero attached hydrogens (tertiary/aromatic N) is 2. The van der Waals surface area contributed by atoms with E-state index in [2.05, 4.69) is 10.3 Å². The molecule has 0 saturated heterocycles. The Bertz CT molecular complexity index is 1270. The summed E-state index contributed by atoms with van der Waals surface area (Å²) in [7, 11) is 0. The summed E-state index contributed by atoms with van der Waals surface area (Å²) in [5, 5.41) is 15.1. The predicted octanol–water partition coefficient (Wildman–Crippen LogP) is 6.94. The Morgan fingerprint density at radius 1 is 0.935 bits per heavy atom. The van der Waals surface area contributed by atoms with Gasteiger partial charge in [0.2, 0.25) is 0 Å². The predicted molar refractivity (Wildman–Crippen MR) is 124 cm³/mol. The number of nitro benzene ring substituents is 1. The number of rotatable bonds is 5. The zero-order valence-electron chi connectivity index (χ0n) is 15.7. The summed E-state index contributed by atoms with van der Waals surface area (Å²) >= 11 is 13.4. The lowest BCUT2D eigenvalue weighted by molar-refractivity contribution is -0.384. The Morgan fingerprint density at radius 2 is 1.58 bits per heavy atom. The number of carbonyl (C=O) groups excluding carboxylic acids is 1. The van der Waals surface area contributed by atoms with Crippen molar-refractivity contribution in [2.24, 2.45) is 0 Å². The highest BCUT2D eigenvalue weighted by Gasteiger charge is 2.19. The average molecular weight is 470 g/mol. The minimum absolute atomic E-state index is 0.00597. The van der Waals surface area contributed by atoms with Crippen molar-refractivity contribution in [1.29, 1.82) is 0 Å². The van der Waals surface area contributed by atoms with Crippen LogP contribution in [0.15, 0.2) is 72.8 Å². The van der Waals surface area contributed by atoms with E-state index in [9.17, 15) is 14.9 Å². The van der Waals surface area contributed by atoms with Crippen molar-refractivity contribution < 1.29 is 9.72 Å². The zero-order chi connectivity index (χ0) is 22.0. The lowest BCUT2D eigenvalue weighted by Gasteiger charge is -2.03. The molecule has 0 spiro atoms. The molecule has 3 aromatic carbocycles. The van der Waals surface area contributed by atoms with Crippen molar-refractivity contribution in [2.75, 3.05) is 5.32 Å². The summed E-state index contributed by atoms with van der Waals surface area (Å²) in [6.07, 6.45) is 0. The molecule has 1 aromatic heterocycles. The van der Waals surface area contributed by atoms with Crippen molar-refractivity contribution >= 4 is 51.3 Å².